The first kappa shape index (κ1) is 13.5. The van der Waals surface area contributed by atoms with Crippen molar-refractivity contribution in [1.82, 2.24) is 15.1 Å². The minimum Gasteiger partial charge on any atom is -0.309 e. The van der Waals surface area contributed by atoms with Crippen molar-refractivity contribution in [2.24, 2.45) is 5.92 Å². The predicted octanol–water partition coefficient (Wildman–Crippen LogP) is 2.32. The molecule has 5 heteroatoms. The number of amides is 1. The zero-order valence-electron chi connectivity index (χ0n) is 12.5. The van der Waals surface area contributed by atoms with Gasteiger partial charge in [0.05, 0.1) is 5.69 Å². The lowest BCUT2D eigenvalue weighted by Crippen LogP contribution is -2.21. The van der Waals surface area contributed by atoms with E-state index in [9.17, 15) is 4.79 Å². The highest BCUT2D eigenvalue weighted by atomic mass is 16.2. The van der Waals surface area contributed by atoms with E-state index in [1.54, 1.807) is 0 Å². The van der Waals surface area contributed by atoms with Crippen LogP contribution in [-0.4, -0.2) is 27.5 Å². The molecule has 1 saturated carbocycles. The zero-order chi connectivity index (χ0) is 14.9. The molecular weight excluding hydrogens is 276 g/mol. The molecule has 0 atom stereocenters. The molecule has 114 valence electrons. The SMILES string of the molecule is O=C(Nc1n[nH]c2c1CN(CCc1ccccc1)C2)C1CC1. The van der Waals surface area contributed by atoms with Crippen molar-refractivity contribution in [3.05, 3.63) is 47.2 Å². The number of hydrogen-bond acceptors (Lipinski definition) is 3. The van der Waals surface area contributed by atoms with Crippen LogP contribution in [0.1, 0.15) is 29.7 Å². The lowest BCUT2D eigenvalue weighted by Gasteiger charge is -2.15. The molecule has 1 aromatic carbocycles. The number of carbonyl (C=O) groups excluding carboxylic acids is 1. The van der Waals surface area contributed by atoms with E-state index in [0.717, 1.165) is 56.0 Å². The molecule has 5 nitrogen and oxygen atoms in total. The molecule has 0 saturated heterocycles. The van der Waals surface area contributed by atoms with Crippen LogP contribution in [0.15, 0.2) is 30.3 Å². The molecule has 1 fully saturated rings. The maximum Gasteiger partial charge on any atom is 0.228 e. The van der Waals surface area contributed by atoms with E-state index in [-0.39, 0.29) is 11.8 Å². The first-order valence-corrected chi connectivity index (χ1v) is 7.93. The van der Waals surface area contributed by atoms with E-state index in [1.165, 1.54) is 5.56 Å². The molecule has 2 aromatic rings. The third-order valence-corrected chi connectivity index (χ3v) is 4.47. The molecule has 0 spiro atoms. The first-order chi connectivity index (χ1) is 10.8. The highest BCUT2D eigenvalue weighted by Crippen LogP contribution is 2.32. The summed E-state index contributed by atoms with van der Waals surface area (Å²) in [5, 5.41) is 10.3. The van der Waals surface area contributed by atoms with Crippen LogP contribution in [0.3, 0.4) is 0 Å². The molecule has 2 aliphatic rings. The van der Waals surface area contributed by atoms with Gasteiger partial charge in [-0.25, -0.2) is 0 Å². The minimum atomic E-state index is 0.122. The minimum absolute atomic E-state index is 0.122. The summed E-state index contributed by atoms with van der Waals surface area (Å²) in [5.74, 6) is 1.06. The summed E-state index contributed by atoms with van der Waals surface area (Å²) in [7, 11) is 0. The van der Waals surface area contributed by atoms with Crippen molar-refractivity contribution in [1.29, 1.82) is 0 Å². The van der Waals surface area contributed by atoms with Gasteiger partial charge in [-0.05, 0) is 24.8 Å². The number of hydrogen-bond donors (Lipinski definition) is 2. The second-order valence-corrected chi connectivity index (χ2v) is 6.24. The second-order valence-electron chi connectivity index (χ2n) is 6.24. The summed E-state index contributed by atoms with van der Waals surface area (Å²) < 4.78 is 0. The van der Waals surface area contributed by atoms with Gasteiger partial charge in [0.25, 0.3) is 0 Å². The van der Waals surface area contributed by atoms with Crippen molar-refractivity contribution in [3.8, 4) is 0 Å². The number of carbonyl (C=O) groups is 1. The van der Waals surface area contributed by atoms with Crippen molar-refractivity contribution >= 4 is 11.7 Å². The van der Waals surface area contributed by atoms with E-state index in [1.807, 2.05) is 6.07 Å². The van der Waals surface area contributed by atoms with Gasteiger partial charge in [-0.1, -0.05) is 30.3 Å². The quantitative estimate of drug-likeness (QED) is 0.890. The number of fused-ring (bicyclic) bond motifs is 1. The lowest BCUT2D eigenvalue weighted by molar-refractivity contribution is -0.117. The fraction of sp³-hybridized carbons (Fsp3) is 0.412. The number of anilines is 1. The lowest BCUT2D eigenvalue weighted by atomic mass is 10.1. The van der Waals surface area contributed by atoms with Gasteiger partial charge < -0.3 is 5.32 Å². The van der Waals surface area contributed by atoms with Crippen LogP contribution in [0.2, 0.25) is 0 Å². The molecule has 0 radical (unpaired) electrons. The third kappa shape index (κ3) is 2.76. The number of nitrogens with zero attached hydrogens (tertiary/aromatic N) is 2. The van der Waals surface area contributed by atoms with Crippen molar-refractivity contribution in [2.45, 2.75) is 32.4 Å². The van der Waals surface area contributed by atoms with Gasteiger partial charge in [0, 0.05) is 31.1 Å². The van der Waals surface area contributed by atoms with Crippen LogP contribution in [0.25, 0.3) is 0 Å². The Labute approximate surface area is 129 Å². The molecule has 1 aliphatic carbocycles. The summed E-state index contributed by atoms with van der Waals surface area (Å²) in [6.07, 6.45) is 3.08. The summed E-state index contributed by atoms with van der Waals surface area (Å²) in [6.45, 7) is 2.76. The van der Waals surface area contributed by atoms with Gasteiger partial charge in [0.2, 0.25) is 5.91 Å². The van der Waals surface area contributed by atoms with Crippen LogP contribution in [0.5, 0.6) is 0 Å². The number of nitrogens with one attached hydrogen (secondary N) is 2. The normalized spacial score (nSPS) is 17.5. The predicted molar refractivity (Wildman–Crippen MR) is 84.2 cm³/mol. The maximum atomic E-state index is 11.9. The molecule has 22 heavy (non-hydrogen) atoms. The Morgan fingerprint density at radius 2 is 2.09 bits per heavy atom. The van der Waals surface area contributed by atoms with Gasteiger partial charge in [-0.3, -0.25) is 14.8 Å². The largest absolute Gasteiger partial charge is 0.309 e. The van der Waals surface area contributed by atoms with Crippen molar-refractivity contribution in [3.63, 3.8) is 0 Å². The molecule has 4 rings (SSSR count). The molecular formula is C17H20N4O. The monoisotopic (exact) mass is 296 g/mol. The van der Waals surface area contributed by atoms with Crippen molar-refractivity contribution in [2.75, 3.05) is 11.9 Å². The summed E-state index contributed by atoms with van der Waals surface area (Å²) >= 11 is 0. The molecule has 0 bridgehead atoms. The Bertz CT molecular complexity index is 675. The Morgan fingerprint density at radius 1 is 1.27 bits per heavy atom. The van der Waals surface area contributed by atoms with E-state index < -0.39 is 0 Å². The van der Waals surface area contributed by atoms with Gasteiger partial charge >= 0.3 is 0 Å². The molecule has 1 aromatic heterocycles. The second kappa shape index (κ2) is 5.57. The van der Waals surface area contributed by atoms with Crippen LogP contribution >= 0.6 is 0 Å². The van der Waals surface area contributed by atoms with Crippen LogP contribution in [0.4, 0.5) is 5.82 Å². The van der Waals surface area contributed by atoms with Gasteiger partial charge in [0.15, 0.2) is 5.82 Å². The Balaban J connectivity index is 1.36. The molecule has 2 heterocycles. The summed E-state index contributed by atoms with van der Waals surface area (Å²) in [4.78, 5) is 14.3. The average Bonchev–Trinajstić information content (AvgIpc) is 3.22. The van der Waals surface area contributed by atoms with E-state index >= 15 is 0 Å². The molecule has 0 unspecified atom stereocenters. The van der Waals surface area contributed by atoms with Gasteiger partial charge in [0.1, 0.15) is 0 Å². The van der Waals surface area contributed by atoms with E-state index in [4.69, 9.17) is 0 Å². The zero-order valence-corrected chi connectivity index (χ0v) is 12.5. The number of H-pyrrole nitrogens is 1. The highest BCUT2D eigenvalue weighted by molar-refractivity contribution is 5.93. The van der Waals surface area contributed by atoms with Crippen LogP contribution < -0.4 is 5.32 Å². The summed E-state index contributed by atoms with van der Waals surface area (Å²) in [6, 6.07) is 10.5. The average molecular weight is 296 g/mol. The Kier molecular flexibility index (Phi) is 3.42. The number of aromatic amines is 1. The Morgan fingerprint density at radius 3 is 2.86 bits per heavy atom. The highest BCUT2D eigenvalue weighted by Gasteiger charge is 2.32. The number of rotatable bonds is 5. The third-order valence-electron chi connectivity index (χ3n) is 4.47. The standard InChI is InChI=1S/C17H20N4O/c22-17(13-6-7-13)18-16-14-10-21(11-15(14)19-20-16)9-8-12-4-2-1-3-5-12/h1-5,13H,6-11H2,(H2,18,19,20,22). The summed E-state index contributed by atoms with van der Waals surface area (Å²) in [5.41, 5.74) is 3.65. The molecule has 2 N–H and O–H groups in total. The smallest absolute Gasteiger partial charge is 0.228 e. The fourth-order valence-electron chi connectivity index (χ4n) is 2.96. The number of aromatic nitrogens is 2. The Hall–Kier alpha value is -2.14. The van der Waals surface area contributed by atoms with E-state index in [0.29, 0.717) is 0 Å². The van der Waals surface area contributed by atoms with Gasteiger partial charge in [-0.2, -0.15) is 5.10 Å². The molecule has 1 amide bonds. The van der Waals surface area contributed by atoms with Crippen LogP contribution in [-0.2, 0) is 24.3 Å². The topological polar surface area (TPSA) is 61.0 Å². The van der Waals surface area contributed by atoms with Gasteiger partial charge in [-0.15, -0.1) is 0 Å². The van der Waals surface area contributed by atoms with E-state index in [2.05, 4.69) is 44.7 Å². The van der Waals surface area contributed by atoms with Crippen molar-refractivity contribution < 1.29 is 4.79 Å². The first-order valence-electron chi connectivity index (χ1n) is 7.93. The number of benzene rings is 1. The fourth-order valence-corrected chi connectivity index (χ4v) is 2.96. The van der Waals surface area contributed by atoms with Crippen LogP contribution in [0, 0.1) is 5.92 Å². The molecule has 1 aliphatic heterocycles. The maximum absolute atomic E-state index is 11.9.